The molecule has 1 N–H and O–H groups in total. The van der Waals surface area contributed by atoms with E-state index >= 15 is 0 Å². The Morgan fingerprint density at radius 1 is 1.64 bits per heavy atom. The Kier molecular flexibility index (Phi) is 4.62. The van der Waals surface area contributed by atoms with Crippen molar-refractivity contribution >= 4 is 0 Å². The molecule has 0 fully saturated rings. The lowest BCUT2D eigenvalue weighted by atomic mass is 10.2. The minimum absolute atomic E-state index is 0.279. The predicted octanol–water partition coefficient (Wildman–Crippen LogP) is 1.11. The van der Waals surface area contributed by atoms with Crippen LogP contribution in [0.1, 0.15) is 25.2 Å². The second-order valence-electron chi connectivity index (χ2n) is 3.22. The van der Waals surface area contributed by atoms with Crippen LogP contribution in [0.2, 0.25) is 0 Å². The van der Waals surface area contributed by atoms with Gasteiger partial charge in [0.25, 0.3) is 0 Å². The van der Waals surface area contributed by atoms with Crippen LogP contribution in [0.15, 0.2) is 12.4 Å². The maximum Gasteiger partial charge on any atom is 0.125 e. The standard InChI is InChI=1S/C10H19N3O/c1-4-14-8-5-9(11-2)10-12-6-7-13(10)3/h6-7,9,11H,4-5,8H2,1-3H3. The minimum atomic E-state index is 0.279. The van der Waals surface area contributed by atoms with E-state index in [4.69, 9.17) is 4.74 Å². The van der Waals surface area contributed by atoms with Crippen LogP contribution in [0.4, 0.5) is 0 Å². The normalized spacial score (nSPS) is 13.1. The SMILES string of the molecule is CCOCCC(NC)c1nccn1C. The Bertz CT molecular complexity index is 260. The van der Waals surface area contributed by atoms with E-state index in [-0.39, 0.29) is 6.04 Å². The van der Waals surface area contributed by atoms with Gasteiger partial charge in [0.15, 0.2) is 0 Å². The summed E-state index contributed by atoms with van der Waals surface area (Å²) in [4.78, 5) is 4.31. The Hall–Kier alpha value is -0.870. The van der Waals surface area contributed by atoms with Gasteiger partial charge in [-0.25, -0.2) is 4.98 Å². The Labute approximate surface area is 85.3 Å². The minimum Gasteiger partial charge on any atom is -0.382 e. The molecule has 0 saturated heterocycles. The van der Waals surface area contributed by atoms with Crippen molar-refractivity contribution in [1.82, 2.24) is 14.9 Å². The highest BCUT2D eigenvalue weighted by Crippen LogP contribution is 2.13. The van der Waals surface area contributed by atoms with Gasteiger partial charge in [0.1, 0.15) is 5.82 Å². The topological polar surface area (TPSA) is 39.1 Å². The van der Waals surface area contributed by atoms with Crippen molar-refractivity contribution < 1.29 is 4.74 Å². The number of nitrogens with zero attached hydrogens (tertiary/aromatic N) is 2. The van der Waals surface area contributed by atoms with Crippen molar-refractivity contribution in [2.45, 2.75) is 19.4 Å². The Morgan fingerprint density at radius 3 is 2.93 bits per heavy atom. The van der Waals surface area contributed by atoms with E-state index < -0.39 is 0 Å². The summed E-state index contributed by atoms with van der Waals surface area (Å²) in [6.07, 6.45) is 4.73. The number of hydrogen-bond acceptors (Lipinski definition) is 3. The van der Waals surface area contributed by atoms with Crippen LogP contribution in [0.3, 0.4) is 0 Å². The van der Waals surface area contributed by atoms with Gasteiger partial charge in [-0.3, -0.25) is 0 Å². The summed E-state index contributed by atoms with van der Waals surface area (Å²) in [7, 11) is 3.96. The summed E-state index contributed by atoms with van der Waals surface area (Å²) in [5.41, 5.74) is 0. The molecule has 1 atom stereocenters. The molecule has 0 aliphatic heterocycles. The average Bonchev–Trinajstić information content (AvgIpc) is 2.60. The highest BCUT2D eigenvalue weighted by Gasteiger charge is 2.12. The maximum absolute atomic E-state index is 5.33. The van der Waals surface area contributed by atoms with Gasteiger partial charge >= 0.3 is 0 Å². The number of nitrogens with one attached hydrogen (secondary N) is 1. The lowest BCUT2D eigenvalue weighted by molar-refractivity contribution is 0.136. The van der Waals surface area contributed by atoms with Crippen molar-refractivity contribution in [2.75, 3.05) is 20.3 Å². The number of rotatable bonds is 6. The fourth-order valence-corrected chi connectivity index (χ4v) is 1.46. The molecule has 0 aromatic carbocycles. The lowest BCUT2D eigenvalue weighted by Gasteiger charge is -2.15. The summed E-state index contributed by atoms with van der Waals surface area (Å²) in [5, 5.41) is 3.24. The zero-order chi connectivity index (χ0) is 10.4. The van der Waals surface area contributed by atoms with Gasteiger partial charge in [-0.15, -0.1) is 0 Å². The van der Waals surface area contributed by atoms with Gasteiger partial charge in [0, 0.05) is 32.7 Å². The average molecular weight is 197 g/mol. The fourth-order valence-electron chi connectivity index (χ4n) is 1.46. The first-order valence-corrected chi connectivity index (χ1v) is 5.01. The molecule has 0 aliphatic carbocycles. The van der Waals surface area contributed by atoms with Gasteiger partial charge in [0.05, 0.1) is 6.04 Å². The predicted molar refractivity (Wildman–Crippen MR) is 56.1 cm³/mol. The molecule has 80 valence electrons. The van der Waals surface area contributed by atoms with E-state index in [0.717, 1.165) is 25.5 Å². The molecule has 1 rings (SSSR count). The van der Waals surface area contributed by atoms with E-state index in [1.165, 1.54) is 0 Å². The van der Waals surface area contributed by atoms with Crippen molar-refractivity contribution in [3.05, 3.63) is 18.2 Å². The molecule has 1 aromatic rings. The number of aromatic nitrogens is 2. The molecule has 1 heterocycles. The first kappa shape index (κ1) is 11.2. The molecule has 4 nitrogen and oxygen atoms in total. The van der Waals surface area contributed by atoms with Crippen LogP contribution in [0.25, 0.3) is 0 Å². The van der Waals surface area contributed by atoms with Crippen LogP contribution < -0.4 is 5.32 Å². The molecule has 0 spiro atoms. The van der Waals surface area contributed by atoms with Crippen LogP contribution in [0.5, 0.6) is 0 Å². The Morgan fingerprint density at radius 2 is 2.43 bits per heavy atom. The second kappa shape index (κ2) is 5.78. The molecule has 0 amide bonds. The molecule has 14 heavy (non-hydrogen) atoms. The third kappa shape index (κ3) is 2.82. The van der Waals surface area contributed by atoms with Gasteiger partial charge in [-0.1, -0.05) is 0 Å². The summed E-state index contributed by atoms with van der Waals surface area (Å²) in [6.45, 7) is 3.56. The summed E-state index contributed by atoms with van der Waals surface area (Å²) in [5.74, 6) is 1.06. The smallest absolute Gasteiger partial charge is 0.125 e. The largest absolute Gasteiger partial charge is 0.382 e. The number of hydrogen-bond donors (Lipinski definition) is 1. The summed E-state index contributed by atoms with van der Waals surface area (Å²) < 4.78 is 7.36. The van der Waals surface area contributed by atoms with E-state index in [1.807, 2.05) is 38.0 Å². The molecule has 0 bridgehead atoms. The number of ether oxygens (including phenoxy) is 1. The molecule has 0 radical (unpaired) electrons. The highest BCUT2D eigenvalue weighted by molar-refractivity contribution is 4.98. The van der Waals surface area contributed by atoms with Crippen LogP contribution in [-0.2, 0) is 11.8 Å². The zero-order valence-electron chi connectivity index (χ0n) is 9.16. The zero-order valence-corrected chi connectivity index (χ0v) is 9.16. The third-order valence-corrected chi connectivity index (χ3v) is 2.27. The van der Waals surface area contributed by atoms with Crippen LogP contribution in [0, 0.1) is 0 Å². The molecule has 0 aliphatic rings. The van der Waals surface area contributed by atoms with Gasteiger partial charge < -0.3 is 14.6 Å². The van der Waals surface area contributed by atoms with Crippen molar-refractivity contribution in [3.8, 4) is 0 Å². The molecule has 4 heteroatoms. The van der Waals surface area contributed by atoms with Gasteiger partial charge in [0.2, 0.25) is 0 Å². The van der Waals surface area contributed by atoms with Gasteiger partial charge in [-0.05, 0) is 20.4 Å². The third-order valence-electron chi connectivity index (χ3n) is 2.27. The highest BCUT2D eigenvalue weighted by atomic mass is 16.5. The van der Waals surface area contributed by atoms with E-state index in [9.17, 15) is 0 Å². The first-order valence-electron chi connectivity index (χ1n) is 5.01. The Balaban J connectivity index is 2.50. The van der Waals surface area contributed by atoms with Gasteiger partial charge in [-0.2, -0.15) is 0 Å². The second-order valence-corrected chi connectivity index (χ2v) is 3.22. The first-order chi connectivity index (χ1) is 6.79. The fraction of sp³-hybridized carbons (Fsp3) is 0.700. The van der Waals surface area contributed by atoms with E-state index in [0.29, 0.717) is 0 Å². The quantitative estimate of drug-likeness (QED) is 0.694. The maximum atomic E-state index is 5.33. The summed E-state index contributed by atoms with van der Waals surface area (Å²) >= 11 is 0. The monoisotopic (exact) mass is 197 g/mol. The van der Waals surface area contributed by atoms with Crippen molar-refractivity contribution in [2.24, 2.45) is 7.05 Å². The summed E-state index contributed by atoms with van der Waals surface area (Å²) in [6, 6.07) is 0.279. The number of aryl methyl sites for hydroxylation is 1. The molecular formula is C10H19N3O. The van der Waals surface area contributed by atoms with Crippen molar-refractivity contribution in [3.63, 3.8) is 0 Å². The molecule has 1 aromatic heterocycles. The van der Waals surface area contributed by atoms with Crippen LogP contribution in [-0.4, -0.2) is 29.8 Å². The van der Waals surface area contributed by atoms with Crippen LogP contribution >= 0.6 is 0 Å². The van der Waals surface area contributed by atoms with Crippen molar-refractivity contribution in [1.29, 1.82) is 0 Å². The number of imidazole rings is 1. The van der Waals surface area contributed by atoms with E-state index in [1.54, 1.807) is 0 Å². The lowest BCUT2D eigenvalue weighted by Crippen LogP contribution is -2.21. The molecule has 1 unspecified atom stereocenters. The molecule has 0 saturated carbocycles. The van der Waals surface area contributed by atoms with E-state index in [2.05, 4.69) is 10.3 Å². The molecular weight excluding hydrogens is 178 g/mol.